The second kappa shape index (κ2) is 10.5. The quantitative estimate of drug-likeness (QED) is 0.581. The smallest absolute Gasteiger partial charge is 0.418 e. The highest BCUT2D eigenvalue weighted by atomic mass is 19.4. The summed E-state index contributed by atoms with van der Waals surface area (Å²) >= 11 is 0. The van der Waals surface area contributed by atoms with Crippen LogP contribution in [0.2, 0.25) is 0 Å². The lowest BCUT2D eigenvalue weighted by Gasteiger charge is -2.24. The van der Waals surface area contributed by atoms with Gasteiger partial charge in [-0.15, -0.1) is 0 Å². The third-order valence-corrected chi connectivity index (χ3v) is 5.82. The predicted octanol–water partition coefficient (Wildman–Crippen LogP) is 4.48. The number of dihydropyridines is 1. The maximum atomic E-state index is 14.3. The summed E-state index contributed by atoms with van der Waals surface area (Å²) in [5.41, 5.74) is -3.49. The fourth-order valence-corrected chi connectivity index (χ4v) is 3.96. The van der Waals surface area contributed by atoms with Gasteiger partial charge in [0, 0.05) is 19.2 Å². The van der Waals surface area contributed by atoms with Gasteiger partial charge in [0.25, 0.3) is 5.91 Å². The number of benzene rings is 1. The number of amides is 1. The molecule has 0 aliphatic carbocycles. The largest absolute Gasteiger partial charge is 0.495 e. The van der Waals surface area contributed by atoms with E-state index < -0.39 is 46.2 Å². The normalized spacial score (nSPS) is 16.9. The second-order valence-corrected chi connectivity index (χ2v) is 8.27. The number of pyridine rings is 1. The van der Waals surface area contributed by atoms with Crippen LogP contribution in [0.4, 0.5) is 22.0 Å². The Hall–Kier alpha value is -3.34. The molecule has 2 N–H and O–H groups in total. The number of carbonyl (C=O) groups is 1. The van der Waals surface area contributed by atoms with Gasteiger partial charge in [-0.05, 0) is 56.1 Å². The number of aliphatic imine (C=N–C) groups is 1. The van der Waals surface area contributed by atoms with Gasteiger partial charge < -0.3 is 15.4 Å². The maximum Gasteiger partial charge on any atom is 0.418 e. The average molecular weight is 494 g/mol. The molecule has 0 atom stereocenters. The van der Waals surface area contributed by atoms with Crippen molar-refractivity contribution in [2.45, 2.75) is 25.4 Å². The number of alkyl halides is 3. The first kappa shape index (κ1) is 24.8. The molecule has 186 valence electrons. The van der Waals surface area contributed by atoms with Crippen molar-refractivity contribution < 1.29 is 31.5 Å². The van der Waals surface area contributed by atoms with Crippen LogP contribution in [0.15, 0.2) is 46.8 Å². The highest BCUT2D eigenvalue weighted by Crippen LogP contribution is 2.38. The molecule has 0 radical (unpaired) electrons. The van der Waals surface area contributed by atoms with Crippen LogP contribution in [0, 0.1) is 17.6 Å². The molecule has 1 amide bonds. The van der Waals surface area contributed by atoms with Crippen molar-refractivity contribution in [1.29, 1.82) is 0 Å². The summed E-state index contributed by atoms with van der Waals surface area (Å²) in [5, 5.41) is 5.83. The van der Waals surface area contributed by atoms with Gasteiger partial charge in [0.05, 0.1) is 29.1 Å². The van der Waals surface area contributed by atoms with Crippen LogP contribution in [0.5, 0.6) is 0 Å². The van der Waals surface area contributed by atoms with Crippen molar-refractivity contribution in [3.05, 3.63) is 64.7 Å². The number of hydrogen-bond acceptors (Lipinski definition) is 5. The van der Waals surface area contributed by atoms with Gasteiger partial charge in [0.2, 0.25) is 0 Å². The lowest BCUT2D eigenvalue weighted by Crippen LogP contribution is -2.31. The Kier molecular flexibility index (Phi) is 7.44. The average Bonchev–Trinajstić information content (AvgIpc) is 2.83. The van der Waals surface area contributed by atoms with Gasteiger partial charge in [-0.25, -0.2) is 13.8 Å². The van der Waals surface area contributed by atoms with Crippen molar-refractivity contribution in [3.8, 4) is 11.3 Å². The third kappa shape index (κ3) is 5.84. The number of aromatic nitrogens is 1. The lowest BCUT2D eigenvalue weighted by atomic mass is 9.99. The maximum absolute atomic E-state index is 14.3. The molecule has 11 heteroatoms. The predicted molar refractivity (Wildman–Crippen MR) is 119 cm³/mol. The minimum Gasteiger partial charge on any atom is -0.495 e. The minimum absolute atomic E-state index is 0.274. The number of piperidine rings is 1. The molecule has 0 unspecified atom stereocenters. The SMILES string of the molecule is O=C(NC1=C(OCC2CCNCC2)CCN=C1)c1ccc(C(F)(F)F)c(-c2c(F)cccc2F)n1. The molecular weight excluding hydrogens is 471 g/mol. The third-order valence-electron chi connectivity index (χ3n) is 5.82. The summed E-state index contributed by atoms with van der Waals surface area (Å²) in [6.45, 7) is 2.75. The molecule has 1 saturated heterocycles. The van der Waals surface area contributed by atoms with E-state index in [9.17, 15) is 26.7 Å². The zero-order valence-electron chi connectivity index (χ0n) is 18.6. The van der Waals surface area contributed by atoms with Crippen molar-refractivity contribution in [1.82, 2.24) is 15.6 Å². The van der Waals surface area contributed by atoms with Gasteiger partial charge in [0.15, 0.2) is 0 Å². The van der Waals surface area contributed by atoms with Crippen molar-refractivity contribution in [3.63, 3.8) is 0 Å². The first-order valence-electron chi connectivity index (χ1n) is 11.1. The fraction of sp³-hybridized carbons (Fsp3) is 0.375. The van der Waals surface area contributed by atoms with E-state index in [4.69, 9.17) is 4.74 Å². The summed E-state index contributed by atoms with van der Waals surface area (Å²) in [4.78, 5) is 20.7. The zero-order chi connectivity index (χ0) is 25.0. The number of hydrogen-bond donors (Lipinski definition) is 2. The summed E-state index contributed by atoms with van der Waals surface area (Å²) in [7, 11) is 0. The number of rotatable bonds is 6. The van der Waals surface area contributed by atoms with E-state index in [2.05, 4.69) is 20.6 Å². The molecule has 0 saturated carbocycles. The highest BCUT2D eigenvalue weighted by molar-refractivity contribution is 5.98. The van der Waals surface area contributed by atoms with E-state index in [1.807, 2.05) is 0 Å². The molecule has 4 rings (SSSR count). The van der Waals surface area contributed by atoms with Crippen molar-refractivity contribution in [2.75, 3.05) is 26.2 Å². The topological polar surface area (TPSA) is 75.6 Å². The van der Waals surface area contributed by atoms with E-state index in [0.717, 1.165) is 50.2 Å². The Bertz CT molecular complexity index is 1140. The Balaban J connectivity index is 1.61. The molecule has 3 heterocycles. The fourth-order valence-electron chi connectivity index (χ4n) is 3.96. The van der Waals surface area contributed by atoms with Crippen LogP contribution in [0.1, 0.15) is 35.3 Å². The number of ether oxygens (including phenoxy) is 1. The summed E-state index contributed by atoms with van der Waals surface area (Å²) in [6, 6.07) is 4.11. The Labute approximate surface area is 198 Å². The summed E-state index contributed by atoms with van der Waals surface area (Å²) in [5.74, 6) is -2.43. The molecule has 0 spiro atoms. The number of nitrogens with zero attached hydrogens (tertiary/aromatic N) is 2. The first-order valence-corrected chi connectivity index (χ1v) is 11.1. The van der Waals surface area contributed by atoms with E-state index in [0.29, 0.717) is 37.3 Å². The Morgan fingerprint density at radius 3 is 2.51 bits per heavy atom. The van der Waals surface area contributed by atoms with Crippen LogP contribution in [-0.4, -0.2) is 43.3 Å². The molecule has 2 aromatic rings. The summed E-state index contributed by atoms with van der Waals surface area (Å²) < 4.78 is 75.2. The second-order valence-electron chi connectivity index (χ2n) is 8.27. The molecule has 2 aliphatic rings. The number of halogens is 5. The number of nitrogens with one attached hydrogen (secondary N) is 2. The Morgan fingerprint density at radius 2 is 1.83 bits per heavy atom. The van der Waals surface area contributed by atoms with Gasteiger partial charge >= 0.3 is 6.18 Å². The van der Waals surface area contributed by atoms with Gasteiger partial charge in [-0.3, -0.25) is 9.79 Å². The lowest BCUT2D eigenvalue weighted by molar-refractivity contribution is -0.137. The number of carbonyl (C=O) groups excluding carboxylic acids is 1. The van der Waals surface area contributed by atoms with E-state index in [1.165, 1.54) is 6.21 Å². The molecule has 2 aliphatic heterocycles. The van der Waals surface area contributed by atoms with E-state index in [1.54, 1.807) is 0 Å². The first-order chi connectivity index (χ1) is 16.7. The van der Waals surface area contributed by atoms with Crippen molar-refractivity contribution in [2.24, 2.45) is 10.9 Å². The van der Waals surface area contributed by atoms with Crippen LogP contribution < -0.4 is 10.6 Å². The number of allylic oxidation sites excluding steroid dienone is 1. The van der Waals surface area contributed by atoms with Crippen LogP contribution in [-0.2, 0) is 10.9 Å². The molecular formula is C24H23F5N4O2. The Morgan fingerprint density at radius 1 is 1.11 bits per heavy atom. The zero-order valence-corrected chi connectivity index (χ0v) is 18.6. The minimum atomic E-state index is -4.94. The molecule has 0 bridgehead atoms. The standard InChI is InChI=1S/C24H23F5N4O2/c25-16-2-1-3-17(26)21(16)22-15(24(27,28)29)4-5-18(32-22)23(34)33-19-12-31-11-8-20(19)35-13-14-6-9-30-10-7-14/h1-5,12,14,30H,6-11,13H2,(H,33,34). The van der Waals surface area contributed by atoms with E-state index >= 15 is 0 Å². The molecule has 1 aromatic carbocycles. The molecule has 1 fully saturated rings. The van der Waals surface area contributed by atoms with Crippen LogP contribution >= 0.6 is 0 Å². The van der Waals surface area contributed by atoms with Crippen LogP contribution in [0.25, 0.3) is 11.3 Å². The van der Waals surface area contributed by atoms with Gasteiger partial charge in [-0.1, -0.05) is 6.07 Å². The van der Waals surface area contributed by atoms with E-state index in [-0.39, 0.29) is 5.70 Å². The van der Waals surface area contributed by atoms with Crippen molar-refractivity contribution >= 4 is 12.1 Å². The molecule has 6 nitrogen and oxygen atoms in total. The van der Waals surface area contributed by atoms with Gasteiger partial charge in [0.1, 0.15) is 23.1 Å². The van der Waals surface area contributed by atoms with Crippen LogP contribution in [0.3, 0.4) is 0 Å². The monoisotopic (exact) mass is 494 g/mol. The van der Waals surface area contributed by atoms with Gasteiger partial charge in [-0.2, -0.15) is 13.2 Å². The highest BCUT2D eigenvalue weighted by Gasteiger charge is 2.36. The molecule has 35 heavy (non-hydrogen) atoms. The molecule has 1 aromatic heterocycles. The summed E-state index contributed by atoms with van der Waals surface area (Å²) in [6.07, 6.45) is -1.15.